The van der Waals surface area contributed by atoms with Crippen LogP contribution >= 0.6 is 11.9 Å². The third-order valence-corrected chi connectivity index (χ3v) is 8.62. The number of rotatable bonds is 13. The Bertz CT molecular complexity index is 1730. The summed E-state index contributed by atoms with van der Waals surface area (Å²) >= 11 is 1.55. The highest BCUT2D eigenvalue weighted by Gasteiger charge is 2.24. The van der Waals surface area contributed by atoms with E-state index in [0.29, 0.717) is 17.2 Å². The molecule has 0 atom stereocenters. The number of carbonyl (C=O) groups excluding carboxylic acids is 2. The molecule has 0 aliphatic heterocycles. The molecule has 0 spiro atoms. The van der Waals surface area contributed by atoms with E-state index in [1.165, 1.54) is 16.7 Å². The van der Waals surface area contributed by atoms with Crippen LogP contribution in [0.3, 0.4) is 0 Å². The summed E-state index contributed by atoms with van der Waals surface area (Å²) in [5.41, 5.74) is 6.23. The third-order valence-electron chi connectivity index (χ3n) is 7.35. The molecule has 5 aromatic rings. The highest BCUT2D eigenvalue weighted by Crippen LogP contribution is 2.32. The van der Waals surface area contributed by atoms with Crippen molar-refractivity contribution in [1.82, 2.24) is 4.31 Å². The Hall–Kier alpha value is -4.79. The lowest BCUT2D eigenvalue weighted by Crippen LogP contribution is -2.37. The molecule has 0 aliphatic rings. The molecule has 7 nitrogen and oxygen atoms in total. The van der Waals surface area contributed by atoms with Gasteiger partial charge in [0.15, 0.2) is 0 Å². The number of aryl methyl sites for hydroxylation is 3. The normalized spacial score (nSPS) is 11.0. The number of furan rings is 1. The fourth-order valence-electron chi connectivity index (χ4n) is 5.16. The molecule has 1 aromatic heterocycles. The minimum atomic E-state index is -0.512. The number of likely N-dealkylation sites (N-methyl/N-ethyl adjacent to an activating group) is 1. The minimum Gasteiger partial charge on any atom is -0.488 e. The summed E-state index contributed by atoms with van der Waals surface area (Å²) in [6, 6.07) is 32.3. The van der Waals surface area contributed by atoms with Crippen LogP contribution in [0.4, 0.5) is 5.69 Å². The molecule has 0 unspecified atom stereocenters. The van der Waals surface area contributed by atoms with E-state index in [4.69, 9.17) is 13.9 Å². The van der Waals surface area contributed by atoms with E-state index >= 15 is 0 Å². The van der Waals surface area contributed by atoms with Crippen molar-refractivity contribution in [3.63, 3.8) is 0 Å². The van der Waals surface area contributed by atoms with Crippen LogP contribution in [-0.4, -0.2) is 29.8 Å². The highest BCUT2D eigenvalue weighted by molar-refractivity contribution is 7.97. The summed E-state index contributed by atoms with van der Waals surface area (Å²) in [4.78, 5) is 30.1. The summed E-state index contributed by atoms with van der Waals surface area (Å²) < 4.78 is 19.4. The van der Waals surface area contributed by atoms with Crippen molar-refractivity contribution in [2.45, 2.75) is 45.4 Å². The maximum Gasteiger partial charge on any atom is 0.342 e. The number of esters is 1. The predicted octanol–water partition coefficient (Wildman–Crippen LogP) is 8.31. The predicted molar refractivity (Wildman–Crippen MR) is 182 cm³/mol. The average molecular weight is 635 g/mol. The molecule has 0 N–H and O–H groups in total. The maximum atomic E-state index is 14.0. The van der Waals surface area contributed by atoms with Crippen molar-refractivity contribution in [3.8, 4) is 5.75 Å². The smallest absolute Gasteiger partial charge is 0.342 e. The fourth-order valence-corrected chi connectivity index (χ4v) is 6.05. The van der Waals surface area contributed by atoms with Gasteiger partial charge in [-0.25, -0.2) is 9.10 Å². The van der Waals surface area contributed by atoms with Crippen LogP contribution < -0.4 is 9.64 Å². The van der Waals surface area contributed by atoms with E-state index < -0.39 is 5.97 Å². The van der Waals surface area contributed by atoms with Crippen LogP contribution in [0.25, 0.3) is 0 Å². The van der Waals surface area contributed by atoms with Crippen LogP contribution in [0, 0.1) is 20.8 Å². The van der Waals surface area contributed by atoms with Gasteiger partial charge in [-0.1, -0.05) is 78.4 Å². The molecular weight excluding hydrogens is 596 g/mol. The summed E-state index contributed by atoms with van der Waals surface area (Å²) in [5, 5.41) is 0. The highest BCUT2D eigenvalue weighted by atomic mass is 32.2. The Morgan fingerprint density at radius 2 is 1.43 bits per heavy atom. The standard InChI is InChI=1S/C38H38N2O5S/c1-27-20-28(2)37(29(3)21-27)46-39(4)24-36(41)40(23-33-16-11-19-43-33)32-17-18-34(38(42)45-26-31-14-9-6-10-15-31)35(22-32)44-25-30-12-7-5-8-13-30/h5-22H,23-26H2,1-4H3. The molecule has 0 radical (unpaired) electrons. The lowest BCUT2D eigenvalue weighted by Gasteiger charge is -2.26. The first-order valence-corrected chi connectivity index (χ1v) is 15.9. The zero-order chi connectivity index (χ0) is 32.5. The summed E-state index contributed by atoms with van der Waals surface area (Å²) in [6.07, 6.45) is 1.59. The van der Waals surface area contributed by atoms with Crippen LogP contribution in [0.15, 0.2) is 119 Å². The zero-order valence-electron chi connectivity index (χ0n) is 26.6. The number of anilines is 1. The topological polar surface area (TPSA) is 72.2 Å². The van der Waals surface area contributed by atoms with Gasteiger partial charge in [0.1, 0.15) is 30.3 Å². The van der Waals surface area contributed by atoms with Crippen LogP contribution in [0.1, 0.15) is 43.9 Å². The van der Waals surface area contributed by atoms with Crippen LogP contribution in [-0.2, 0) is 29.3 Å². The Morgan fingerprint density at radius 1 is 0.783 bits per heavy atom. The monoisotopic (exact) mass is 634 g/mol. The van der Waals surface area contributed by atoms with E-state index in [2.05, 4.69) is 32.9 Å². The van der Waals surface area contributed by atoms with E-state index in [0.717, 1.165) is 16.0 Å². The summed E-state index contributed by atoms with van der Waals surface area (Å²) in [7, 11) is 1.91. The summed E-state index contributed by atoms with van der Waals surface area (Å²) in [5.74, 6) is 0.307. The van der Waals surface area contributed by atoms with Gasteiger partial charge in [-0.3, -0.25) is 4.79 Å². The molecule has 1 heterocycles. The van der Waals surface area contributed by atoms with Crippen LogP contribution in [0.2, 0.25) is 0 Å². The molecule has 0 aliphatic carbocycles. The van der Waals surface area contributed by atoms with Crippen molar-refractivity contribution in [2.75, 3.05) is 18.5 Å². The van der Waals surface area contributed by atoms with Gasteiger partial charge >= 0.3 is 5.97 Å². The molecule has 0 saturated heterocycles. The Morgan fingerprint density at radius 3 is 2.07 bits per heavy atom. The molecular formula is C38H38N2O5S. The number of amides is 1. The van der Waals surface area contributed by atoms with E-state index in [1.54, 1.807) is 47.4 Å². The van der Waals surface area contributed by atoms with Crippen molar-refractivity contribution in [1.29, 1.82) is 0 Å². The second-order valence-electron chi connectivity index (χ2n) is 11.2. The molecule has 236 valence electrons. The van der Waals surface area contributed by atoms with Crippen LogP contribution in [0.5, 0.6) is 5.75 Å². The fraction of sp³-hybridized carbons (Fsp3) is 0.211. The van der Waals surface area contributed by atoms with Gasteiger partial charge in [-0.2, -0.15) is 0 Å². The molecule has 1 amide bonds. The molecule has 4 aromatic carbocycles. The number of hydrogen-bond acceptors (Lipinski definition) is 7. The molecule has 0 saturated carbocycles. The number of nitrogens with zero attached hydrogens (tertiary/aromatic N) is 2. The third kappa shape index (κ3) is 8.68. The van der Waals surface area contributed by atoms with Crippen molar-refractivity contribution in [2.24, 2.45) is 0 Å². The van der Waals surface area contributed by atoms with Gasteiger partial charge in [-0.15, -0.1) is 0 Å². The molecule has 0 bridgehead atoms. The van der Waals surface area contributed by atoms with Crippen molar-refractivity contribution >= 4 is 29.5 Å². The first kappa shape index (κ1) is 32.6. The number of benzene rings is 4. The summed E-state index contributed by atoms with van der Waals surface area (Å²) in [6.45, 7) is 6.98. The molecule has 8 heteroatoms. The average Bonchev–Trinajstić information content (AvgIpc) is 3.57. The van der Waals surface area contributed by atoms with Gasteiger partial charge in [0.25, 0.3) is 0 Å². The van der Waals surface area contributed by atoms with Gasteiger partial charge in [0.05, 0.1) is 19.4 Å². The molecule has 5 rings (SSSR count). The van der Waals surface area contributed by atoms with Gasteiger partial charge in [-0.05, 0) is 86.3 Å². The minimum absolute atomic E-state index is 0.132. The van der Waals surface area contributed by atoms with E-state index in [1.807, 2.05) is 78.1 Å². The van der Waals surface area contributed by atoms with Gasteiger partial charge < -0.3 is 18.8 Å². The Balaban J connectivity index is 1.41. The first-order chi connectivity index (χ1) is 22.3. The Kier molecular flexibility index (Phi) is 11.0. The second-order valence-corrected chi connectivity index (χ2v) is 12.4. The second kappa shape index (κ2) is 15.5. The maximum absolute atomic E-state index is 14.0. The lowest BCUT2D eigenvalue weighted by atomic mass is 10.1. The quantitative estimate of drug-likeness (QED) is 0.0953. The van der Waals surface area contributed by atoms with E-state index in [-0.39, 0.29) is 37.8 Å². The molecule has 0 fully saturated rings. The number of ether oxygens (including phenoxy) is 2. The van der Waals surface area contributed by atoms with Gasteiger partial charge in [0, 0.05) is 16.6 Å². The number of carbonyl (C=O) groups is 2. The van der Waals surface area contributed by atoms with Gasteiger partial charge in [0.2, 0.25) is 5.91 Å². The Labute approximate surface area is 274 Å². The zero-order valence-corrected chi connectivity index (χ0v) is 27.4. The van der Waals surface area contributed by atoms with Crippen molar-refractivity contribution in [3.05, 3.63) is 149 Å². The first-order valence-electron chi connectivity index (χ1n) is 15.1. The number of hydrogen-bond donors (Lipinski definition) is 0. The van der Waals surface area contributed by atoms with E-state index in [9.17, 15) is 9.59 Å². The largest absolute Gasteiger partial charge is 0.488 e. The van der Waals surface area contributed by atoms with Crippen molar-refractivity contribution < 1.29 is 23.5 Å². The molecule has 46 heavy (non-hydrogen) atoms. The SMILES string of the molecule is Cc1cc(C)c(SN(C)CC(=O)N(Cc2ccco2)c2ccc(C(=O)OCc3ccccc3)c(OCc3ccccc3)c2)c(C)c1. The lowest BCUT2D eigenvalue weighted by molar-refractivity contribution is -0.118.